The minimum atomic E-state index is -2.88. The van der Waals surface area contributed by atoms with Gasteiger partial charge in [-0.1, -0.05) is 12.1 Å². The van der Waals surface area contributed by atoms with Gasteiger partial charge in [0.2, 0.25) is 0 Å². The summed E-state index contributed by atoms with van der Waals surface area (Å²) >= 11 is 0. The third-order valence-electron chi connectivity index (χ3n) is 5.39. The molecule has 2 saturated heterocycles. The van der Waals surface area contributed by atoms with E-state index in [9.17, 15) is 12.8 Å². The minimum absolute atomic E-state index is 0. The molecule has 2 heterocycles. The number of halogens is 2. The van der Waals surface area contributed by atoms with Crippen molar-refractivity contribution in [2.24, 2.45) is 10.9 Å². The van der Waals surface area contributed by atoms with E-state index in [1.54, 1.807) is 0 Å². The van der Waals surface area contributed by atoms with Crippen LogP contribution in [0.4, 0.5) is 4.39 Å². The van der Waals surface area contributed by atoms with Crippen molar-refractivity contribution < 1.29 is 17.5 Å². The predicted octanol–water partition coefficient (Wildman–Crippen LogP) is 1.81. The maximum absolute atomic E-state index is 13.4. The lowest BCUT2D eigenvalue weighted by Gasteiger charge is -2.34. The Morgan fingerprint density at radius 1 is 1.27 bits per heavy atom. The Morgan fingerprint density at radius 3 is 2.57 bits per heavy atom. The molecule has 1 aromatic rings. The van der Waals surface area contributed by atoms with Crippen LogP contribution in [0.5, 0.6) is 0 Å². The van der Waals surface area contributed by atoms with Crippen molar-refractivity contribution >= 4 is 39.8 Å². The summed E-state index contributed by atoms with van der Waals surface area (Å²) in [5.41, 5.74) is 1.02. The molecule has 2 fully saturated rings. The maximum Gasteiger partial charge on any atom is 0.191 e. The molecule has 0 aromatic heterocycles. The number of rotatable bonds is 7. The van der Waals surface area contributed by atoms with E-state index >= 15 is 0 Å². The Kier molecular flexibility index (Phi) is 10.2. The number of sulfone groups is 1. The Bertz CT molecular complexity index is 786. The molecule has 2 unspecified atom stereocenters. The molecule has 30 heavy (non-hydrogen) atoms. The molecule has 0 saturated carbocycles. The summed E-state index contributed by atoms with van der Waals surface area (Å²) in [6, 6.07) is 6.62. The quantitative estimate of drug-likeness (QED) is 0.304. The number of aliphatic imine (C=N–C) groups is 1. The zero-order chi connectivity index (χ0) is 20.7. The van der Waals surface area contributed by atoms with E-state index in [0.29, 0.717) is 45.2 Å². The second-order valence-corrected chi connectivity index (χ2v) is 9.81. The van der Waals surface area contributed by atoms with Crippen LogP contribution in [-0.2, 0) is 14.6 Å². The van der Waals surface area contributed by atoms with E-state index in [0.717, 1.165) is 18.7 Å². The molecule has 10 heteroatoms. The van der Waals surface area contributed by atoms with Gasteiger partial charge in [-0.2, -0.15) is 0 Å². The van der Waals surface area contributed by atoms with Crippen LogP contribution in [0.2, 0.25) is 0 Å². The summed E-state index contributed by atoms with van der Waals surface area (Å²) < 4.78 is 42.2. The third kappa shape index (κ3) is 7.61. The lowest BCUT2D eigenvalue weighted by molar-refractivity contribution is 0.0179. The van der Waals surface area contributed by atoms with Crippen LogP contribution in [0.3, 0.4) is 0 Å². The Hall–Kier alpha value is -0.980. The van der Waals surface area contributed by atoms with Crippen LogP contribution in [-0.4, -0.2) is 76.7 Å². The number of hydrogen-bond acceptors (Lipinski definition) is 5. The van der Waals surface area contributed by atoms with E-state index in [2.05, 4.69) is 15.5 Å². The van der Waals surface area contributed by atoms with Crippen LogP contribution in [0.15, 0.2) is 29.3 Å². The summed E-state index contributed by atoms with van der Waals surface area (Å²) in [5.74, 6) is 1.06. The van der Waals surface area contributed by atoms with Crippen LogP contribution in [0, 0.1) is 11.7 Å². The van der Waals surface area contributed by atoms with Gasteiger partial charge in [-0.05, 0) is 37.0 Å². The number of benzene rings is 1. The summed E-state index contributed by atoms with van der Waals surface area (Å²) in [7, 11) is -2.88. The molecule has 2 aliphatic heterocycles. The van der Waals surface area contributed by atoms with Gasteiger partial charge < -0.3 is 15.4 Å². The Labute approximate surface area is 195 Å². The van der Waals surface area contributed by atoms with Crippen molar-refractivity contribution in [3.63, 3.8) is 0 Å². The van der Waals surface area contributed by atoms with E-state index in [1.165, 1.54) is 12.1 Å². The first-order valence-electron chi connectivity index (χ1n) is 10.3. The molecule has 170 valence electrons. The lowest BCUT2D eigenvalue weighted by atomic mass is 10.0. The number of guanidine groups is 1. The van der Waals surface area contributed by atoms with Crippen molar-refractivity contribution in [2.75, 3.05) is 57.4 Å². The highest BCUT2D eigenvalue weighted by Crippen LogP contribution is 2.23. The smallest absolute Gasteiger partial charge is 0.191 e. The molecule has 0 aliphatic carbocycles. The molecule has 0 amide bonds. The van der Waals surface area contributed by atoms with Crippen molar-refractivity contribution in [3.8, 4) is 0 Å². The maximum atomic E-state index is 13.4. The van der Waals surface area contributed by atoms with Crippen molar-refractivity contribution in [3.05, 3.63) is 35.6 Å². The van der Waals surface area contributed by atoms with Gasteiger partial charge >= 0.3 is 0 Å². The zero-order valence-corrected chi connectivity index (χ0v) is 20.5. The number of hydrogen-bond donors (Lipinski definition) is 2. The fraction of sp³-hybridized carbons (Fsp3) is 0.650. The fourth-order valence-electron chi connectivity index (χ4n) is 3.80. The molecule has 0 radical (unpaired) electrons. The molecule has 0 spiro atoms. The Balaban J connectivity index is 0.00000320. The fourth-order valence-corrected chi connectivity index (χ4v) is 5.66. The molecular formula is C20H32FIN4O3S. The average molecular weight is 554 g/mol. The topological polar surface area (TPSA) is 83.0 Å². The van der Waals surface area contributed by atoms with Crippen LogP contribution in [0.1, 0.15) is 24.9 Å². The summed E-state index contributed by atoms with van der Waals surface area (Å²) in [5, 5.41) is 6.52. The standard InChI is InChI=1S/C20H31FN4O3S.HI/c1-2-22-20(23-13-16-7-12-29(26,27)15-16)24-14-19(25-8-10-28-11-9-25)17-3-5-18(21)6-4-17;/h3-6,16,19H,2,7-15H2,1H3,(H2,22,23,24);1H. The number of morpholine rings is 1. The van der Waals surface area contributed by atoms with Gasteiger partial charge in [0.05, 0.1) is 37.3 Å². The second-order valence-electron chi connectivity index (χ2n) is 7.59. The highest BCUT2D eigenvalue weighted by Gasteiger charge is 2.28. The highest BCUT2D eigenvalue weighted by atomic mass is 127. The number of nitrogens with one attached hydrogen (secondary N) is 2. The first-order valence-corrected chi connectivity index (χ1v) is 12.1. The van der Waals surface area contributed by atoms with Crippen LogP contribution in [0.25, 0.3) is 0 Å². The molecule has 1 aromatic carbocycles. The van der Waals surface area contributed by atoms with Gasteiger partial charge in [-0.25, -0.2) is 12.8 Å². The van der Waals surface area contributed by atoms with Gasteiger partial charge in [-0.15, -0.1) is 24.0 Å². The summed E-state index contributed by atoms with van der Waals surface area (Å²) in [6.45, 7) is 6.78. The normalized spacial score (nSPS) is 22.9. The SMILES string of the molecule is CCNC(=NCC(c1ccc(F)cc1)N1CCOCC1)NCC1CCS(=O)(=O)C1.I. The summed E-state index contributed by atoms with van der Waals surface area (Å²) in [6.07, 6.45) is 0.695. The number of nitrogens with zero attached hydrogens (tertiary/aromatic N) is 2. The van der Waals surface area contributed by atoms with Gasteiger partial charge in [0, 0.05) is 26.2 Å². The van der Waals surface area contributed by atoms with E-state index in [1.807, 2.05) is 19.1 Å². The molecule has 2 N–H and O–H groups in total. The predicted molar refractivity (Wildman–Crippen MR) is 128 cm³/mol. The van der Waals surface area contributed by atoms with Gasteiger partial charge in [0.1, 0.15) is 5.82 Å². The number of ether oxygens (including phenoxy) is 1. The van der Waals surface area contributed by atoms with Crippen LogP contribution >= 0.6 is 24.0 Å². The van der Waals surface area contributed by atoms with E-state index in [-0.39, 0.29) is 53.3 Å². The van der Waals surface area contributed by atoms with E-state index < -0.39 is 9.84 Å². The van der Waals surface area contributed by atoms with Crippen molar-refractivity contribution in [2.45, 2.75) is 19.4 Å². The minimum Gasteiger partial charge on any atom is -0.379 e. The first kappa shape index (κ1) is 25.3. The lowest BCUT2D eigenvalue weighted by Crippen LogP contribution is -2.42. The Morgan fingerprint density at radius 2 is 1.97 bits per heavy atom. The van der Waals surface area contributed by atoms with Gasteiger partial charge in [0.15, 0.2) is 15.8 Å². The zero-order valence-electron chi connectivity index (χ0n) is 17.3. The van der Waals surface area contributed by atoms with Gasteiger partial charge in [0.25, 0.3) is 0 Å². The first-order chi connectivity index (χ1) is 14.0. The monoisotopic (exact) mass is 554 g/mol. The largest absolute Gasteiger partial charge is 0.379 e. The van der Waals surface area contributed by atoms with Crippen molar-refractivity contribution in [1.29, 1.82) is 0 Å². The third-order valence-corrected chi connectivity index (χ3v) is 7.23. The molecule has 3 rings (SSSR count). The molecular weight excluding hydrogens is 522 g/mol. The van der Waals surface area contributed by atoms with E-state index in [4.69, 9.17) is 9.73 Å². The molecule has 2 aliphatic rings. The highest BCUT2D eigenvalue weighted by molar-refractivity contribution is 14.0. The molecule has 7 nitrogen and oxygen atoms in total. The average Bonchev–Trinajstić information content (AvgIpc) is 3.07. The second kappa shape index (κ2) is 12.2. The van der Waals surface area contributed by atoms with Gasteiger partial charge in [-0.3, -0.25) is 9.89 Å². The molecule has 0 bridgehead atoms. The van der Waals surface area contributed by atoms with Crippen molar-refractivity contribution in [1.82, 2.24) is 15.5 Å². The van der Waals surface area contributed by atoms with Crippen LogP contribution < -0.4 is 10.6 Å². The molecule has 2 atom stereocenters. The summed E-state index contributed by atoms with van der Waals surface area (Å²) in [4.78, 5) is 7.07.